The Kier molecular flexibility index (Phi) is 12.3. The summed E-state index contributed by atoms with van der Waals surface area (Å²) in [6, 6.07) is 31.1. The van der Waals surface area contributed by atoms with E-state index < -0.39 is 28.5 Å². The fourth-order valence-electron chi connectivity index (χ4n) is 6.10. The number of hydrogen-bond acceptors (Lipinski definition) is 5. The Balaban J connectivity index is 1.58. The minimum absolute atomic E-state index is 0.0281. The van der Waals surface area contributed by atoms with Gasteiger partial charge in [-0.1, -0.05) is 108 Å². The topological polar surface area (TPSA) is 96.0 Å². The minimum atomic E-state index is -4.23. The average Bonchev–Trinajstić information content (AvgIpc) is 3.10. The summed E-state index contributed by atoms with van der Waals surface area (Å²) in [6.45, 7) is 1.67. The summed E-state index contributed by atoms with van der Waals surface area (Å²) in [5, 5.41) is 3.24. The van der Waals surface area contributed by atoms with Crippen molar-refractivity contribution < 1.29 is 22.7 Å². The molecule has 252 valence electrons. The molecule has 4 aromatic carbocycles. The van der Waals surface area contributed by atoms with Crippen molar-refractivity contribution in [2.45, 2.75) is 69.0 Å². The lowest BCUT2D eigenvalue weighted by atomic mass is 9.94. The van der Waals surface area contributed by atoms with Gasteiger partial charge in [0.1, 0.15) is 18.3 Å². The lowest BCUT2D eigenvalue weighted by Crippen LogP contribution is -2.55. The molecule has 4 aromatic rings. The molecule has 0 heterocycles. The molecule has 0 spiro atoms. The van der Waals surface area contributed by atoms with E-state index in [0.29, 0.717) is 12.4 Å². The Labute approximate surface area is 292 Å². The molecule has 1 N–H and O–H groups in total. The zero-order valence-corrected chi connectivity index (χ0v) is 29.5. The molecule has 0 aliphatic heterocycles. The maximum atomic E-state index is 14.8. The molecule has 0 unspecified atom stereocenters. The second kappa shape index (κ2) is 16.8. The predicted molar refractivity (Wildman–Crippen MR) is 192 cm³/mol. The number of ether oxygens (including phenoxy) is 1. The van der Waals surface area contributed by atoms with Crippen molar-refractivity contribution in [3.8, 4) is 5.75 Å². The molecule has 1 aliphatic rings. The van der Waals surface area contributed by atoms with E-state index in [2.05, 4.69) is 21.2 Å². The first-order valence-electron chi connectivity index (χ1n) is 16.4. The van der Waals surface area contributed by atoms with Gasteiger partial charge in [0, 0.05) is 23.5 Å². The lowest BCUT2D eigenvalue weighted by molar-refractivity contribution is -0.140. The van der Waals surface area contributed by atoms with Crippen LogP contribution in [0.3, 0.4) is 0 Å². The second-order valence-corrected chi connectivity index (χ2v) is 14.7. The Bertz CT molecular complexity index is 1770. The highest BCUT2D eigenvalue weighted by molar-refractivity contribution is 9.10. The van der Waals surface area contributed by atoms with Crippen LogP contribution in [0.5, 0.6) is 5.75 Å². The van der Waals surface area contributed by atoms with E-state index in [1.807, 2.05) is 61.5 Å². The number of hydrogen-bond donors (Lipinski definition) is 1. The molecule has 8 nitrogen and oxygen atoms in total. The number of nitrogens with zero attached hydrogens (tertiary/aromatic N) is 2. The first-order valence-corrected chi connectivity index (χ1v) is 18.7. The van der Waals surface area contributed by atoms with Gasteiger partial charge in [-0.2, -0.15) is 0 Å². The van der Waals surface area contributed by atoms with Gasteiger partial charge in [-0.25, -0.2) is 8.42 Å². The van der Waals surface area contributed by atoms with Crippen LogP contribution in [-0.4, -0.2) is 50.4 Å². The average molecular weight is 733 g/mol. The van der Waals surface area contributed by atoms with Crippen LogP contribution in [0.25, 0.3) is 0 Å². The number of rotatable bonds is 14. The van der Waals surface area contributed by atoms with E-state index in [0.717, 1.165) is 52.0 Å². The van der Waals surface area contributed by atoms with Crippen molar-refractivity contribution in [1.29, 1.82) is 0 Å². The van der Waals surface area contributed by atoms with Crippen molar-refractivity contribution in [3.63, 3.8) is 0 Å². The molecule has 0 radical (unpaired) electrons. The van der Waals surface area contributed by atoms with Crippen molar-refractivity contribution >= 4 is 43.5 Å². The van der Waals surface area contributed by atoms with Crippen LogP contribution < -0.4 is 14.4 Å². The molecular weight excluding hydrogens is 690 g/mol. The van der Waals surface area contributed by atoms with Crippen LogP contribution in [0, 0.1) is 0 Å². The predicted octanol–water partition coefficient (Wildman–Crippen LogP) is 7.13. The molecule has 0 bridgehead atoms. The monoisotopic (exact) mass is 731 g/mol. The standard InChI is InChI=1S/C38H42BrN3O5S/c1-2-47-36-24-13-12-23-34(36)42(48(45,46)33-21-10-5-11-22-33)28-37(43)41(27-30-17-14-18-31(39)25-30)35(26-29-15-6-3-7-16-29)38(44)40-32-19-8-4-9-20-32/h3,5-7,10-18,21-25,32,35H,2,4,8-9,19-20,26-28H2,1H3,(H,40,44)/t35-/m0/s1. The molecular formula is C38H42BrN3O5S. The van der Waals surface area contributed by atoms with E-state index in [4.69, 9.17) is 4.74 Å². The quantitative estimate of drug-likeness (QED) is 0.149. The number of sulfonamides is 1. The Morgan fingerprint density at radius 2 is 1.50 bits per heavy atom. The molecule has 1 aliphatic carbocycles. The molecule has 1 saturated carbocycles. The van der Waals surface area contributed by atoms with Crippen molar-refractivity contribution in [2.24, 2.45) is 0 Å². The molecule has 0 aromatic heterocycles. The highest BCUT2D eigenvalue weighted by Crippen LogP contribution is 2.33. The molecule has 48 heavy (non-hydrogen) atoms. The summed E-state index contributed by atoms with van der Waals surface area (Å²) < 4.78 is 36.4. The van der Waals surface area contributed by atoms with Gasteiger partial charge in [0.2, 0.25) is 11.8 Å². The van der Waals surface area contributed by atoms with E-state index in [1.165, 1.54) is 17.0 Å². The summed E-state index contributed by atoms with van der Waals surface area (Å²) in [5.74, 6) is -0.427. The molecule has 10 heteroatoms. The zero-order valence-electron chi connectivity index (χ0n) is 27.1. The molecule has 5 rings (SSSR count). The SMILES string of the molecule is CCOc1ccccc1N(CC(=O)N(Cc1cccc(Br)c1)[C@@H](Cc1ccccc1)C(=O)NC1CCCCC1)S(=O)(=O)c1ccccc1. The van der Waals surface area contributed by atoms with Gasteiger partial charge in [0.25, 0.3) is 10.0 Å². The number of halogens is 1. The van der Waals surface area contributed by atoms with Crippen molar-refractivity contribution in [1.82, 2.24) is 10.2 Å². The van der Waals surface area contributed by atoms with Gasteiger partial charge >= 0.3 is 0 Å². The summed E-state index contributed by atoms with van der Waals surface area (Å²) >= 11 is 3.54. The van der Waals surface area contributed by atoms with E-state index in [-0.39, 0.29) is 35.5 Å². The highest BCUT2D eigenvalue weighted by Gasteiger charge is 2.36. The van der Waals surface area contributed by atoms with Crippen LogP contribution in [0.4, 0.5) is 5.69 Å². The maximum Gasteiger partial charge on any atom is 0.264 e. The largest absolute Gasteiger partial charge is 0.492 e. The van der Waals surface area contributed by atoms with Crippen LogP contribution in [-0.2, 0) is 32.6 Å². The van der Waals surface area contributed by atoms with Crippen molar-refractivity contribution in [3.05, 3.63) is 125 Å². The number of para-hydroxylation sites is 2. The van der Waals surface area contributed by atoms with Gasteiger partial charge in [0.05, 0.1) is 17.2 Å². The number of anilines is 1. The summed E-state index contributed by atoms with van der Waals surface area (Å²) in [4.78, 5) is 30.6. The number of benzene rings is 4. The highest BCUT2D eigenvalue weighted by atomic mass is 79.9. The first kappa shape index (κ1) is 35.2. The molecule has 1 fully saturated rings. The third kappa shape index (κ3) is 9.05. The second-order valence-electron chi connectivity index (χ2n) is 11.9. The fraction of sp³-hybridized carbons (Fsp3) is 0.316. The Morgan fingerprint density at radius 1 is 0.854 bits per heavy atom. The Morgan fingerprint density at radius 3 is 2.19 bits per heavy atom. The van der Waals surface area contributed by atoms with Crippen LogP contribution in [0.1, 0.15) is 50.2 Å². The minimum Gasteiger partial charge on any atom is -0.492 e. The molecule has 1 atom stereocenters. The lowest BCUT2D eigenvalue weighted by Gasteiger charge is -2.35. The third-order valence-corrected chi connectivity index (χ3v) is 10.8. The summed E-state index contributed by atoms with van der Waals surface area (Å²) in [5.41, 5.74) is 1.93. The van der Waals surface area contributed by atoms with Crippen LogP contribution in [0.2, 0.25) is 0 Å². The zero-order chi connectivity index (χ0) is 33.9. The summed E-state index contributed by atoms with van der Waals surface area (Å²) in [6.07, 6.45) is 5.27. The number of carbonyl (C=O) groups excluding carboxylic acids is 2. The smallest absolute Gasteiger partial charge is 0.264 e. The fourth-order valence-corrected chi connectivity index (χ4v) is 8.00. The number of amides is 2. The molecule has 2 amide bonds. The van der Waals surface area contributed by atoms with E-state index in [1.54, 1.807) is 42.5 Å². The normalized spacial score (nSPS) is 14.1. The van der Waals surface area contributed by atoms with E-state index >= 15 is 0 Å². The van der Waals surface area contributed by atoms with Gasteiger partial charge in [0.15, 0.2) is 0 Å². The number of nitrogens with one attached hydrogen (secondary N) is 1. The first-order chi connectivity index (χ1) is 23.3. The van der Waals surface area contributed by atoms with Gasteiger partial charge in [-0.3, -0.25) is 13.9 Å². The Hall–Kier alpha value is -4.15. The van der Waals surface area contributed by atoms with Gasteiger partial charge < -0.3 is 15.0 Å². The third-order valence-electron chi connectivity index (χ3n) is 8.51. The van der Waals surface area contributed by atoms with Crippen LogP contribution in [0.15, 0.2) is 119 Å². The summed E-state index contributed by atoms with van der Waals surface area (Å²) in [7, 11) is -4.23. The molecule has 0 saturated heterocycles. The number of carbonyl (C=O) groups is 2. The van der Waals surface area contributed by atoms with Gasteiger partial charge in [-0.05, 0) is 67.3 Å². The van der Waals surface area contributed by atoms with Crippen molar-refractivity contribution in [2.75, 3.05) is 17.5 Å². The maximum absolute atomic E-state index is 14.8. The van der Waals surface area contributed by atoms with E-state index in [9.17, 15) is 18.0 Å². The van der Waals surface area contributed by atoms with Crippen LogP contribution >= 0.6 is 15.9 Å². The van der Waals surface area contributed by atoms with Gasteiger partial charge in [-0.15, -0.1) is 0 Å².